The van der Waals surface area contributed by atoms with Gasteiger partial charge >= 0.3 is 0 Å². The quantitative estimate of drug-likeness (QED) is 0.620. The summed E-state index contributed by atoms with van der Waals surface area (Å²) >= 11 is 0. The zero-order chi connectivity index (χ0) is 18.4. The average molecular weight is 362 g/mol. The molecule has 0 aromatic carbocycles. The molecule has 1 aliphatic carbocycles. The third kappa shape index (κ3) is 4.96. The van der Waals surface area contributed by atoms with Crippen LogP contribution in [0.2, 0.25) is 0 Å². The van der Waals surface area contributed by atoms with Crippen molar-refractivity contribution in [3.8, 4) is 0 Å². The molecule has 2 aliphatic rings. The second-order valence-corrected chi connectivity index (χ2v) is 7.69. The van der Waals surface area contributed by atoms with E-state index >= 15 is 0 Å². The lowest BCUT2D eigenvalue weighted by atomic mass is 9.92. The minimum absolute atomic E-state index is 0.477. The topological polar surface area (TPSA) is 70.4 Å². The van der Waals surface area contributed by atoms with E-state index in [0.717, 1.165) is 36.7 Å². The molecule has 2 heterocycles. The highest BCUT2D eigenvalue weighted by molar-refractivity contribution is 5.80. The predicted molar refractivity (Wildman–Crippen MR) is 105 cm³/mol. The van der Waals surface area contributed by atoms with Gasteiger partial charge in [-0.1, -0.05) is 19.3 Å². The molecule has 2 fully saturated rings. The van der Waals surface area contributed by atoms with Gasteiger partial charge in [0.05, 0.1) is 0 Å². The molecular weight excluding hydrogens is 326 g/mol. The predicted octanol–water partition coefficient (Wildman–Crippen LogP) is 1.98. The van der Waals surface area contributed by atoms with Gasteiger partial charge < -0.3 is 15.2 Å². The standard InChI is InChI=1S/C19H35N7/c1-4-20-19(21-13-18-24-23-15(2)25(18)3)22-16-9-8-12-26(14-16)17-10-6-5-7-11-17/h16-17H,4-14H2,1-3H3,(H2,20,21,22). The average Bonchev–Trinajstić information content (AvgIpc) is 2.99. The fourth-order valence-corrected chi connectivity index (χ4v) is 4.15. The van der Waals surface area contributed by atoms with E-state index in [9.17, 15) is 0 Å². The number of likely N-dealkylation sites (tertiary alicyclic amines) is 1. The molecule has 2 N–H and O–H groups in total. The molecule has 1 aromatic rings. The number of aliphatic imine (C=N–C) groups is 1. The maximum Gasteiger partial charge on any atom is 0.191 e. The second-order valence-electron chi connectivity index (χ2n) is 7.69. The smallest absolute Gasteiger partial charge is 0.191 e. The Balaban J connectivity index is 1.57. The van der Waals surface area contributed by atoms with Crippen molar-refractivity contribution in [3.63, 3.8) is 0 Å². The third-order valence-electron chi connectivity index (χ3n) is 5.79. The van der Waals surface area contributed by atoms with E-state index < -0.39 is 0 Å². The van der Waals surface area contributed by atoms with Gasteiger partial charge in [0.25, 0.3) is 0 Å². The normalized spacial score (nSPS) is 23.2. The minimum Gasteiger partial charge on any atom is -0.357 e. The maximum absolute atomic E-state index is 4.74. The first-order chi connectivity index (χ1) is 12.7. The molecule has 26 heavy (non-hydrogen) atoms. The van der Waals surface area contributed by atoms with Crippen LogP contribution in [0, 0.1) is 6.92 Å². The van der Waals surface area contributed by atoms with Gasteiger partial charge in [-0.25, -0.2) is 4.99 Å². The van der Waals surface area contributed by atoms with Crippen molar-refractivity contribution in [1.82, 2.24) is 30.3 Å². The Morgan fingerprint density at radius 1 is 1.15 bits per heavy atom. The van der Waals surface area contributed by atoms with Gasteiger partial charge in [-0.15, -0.1) is 10.2 Å². The number of rotatable bonds is 5. The maximum atomic E-state index is 4.74. The van der Waals surface area contributed by atoms with Crippen LogP contribution in [0.4, 0.5) is 0 Å². The van der Waals surface area contributed by atoms with Crippen molar-refractivity contribution in [1.29, 1.82) is 0 Å². The zero-order valence-corrected chi connectivity index (χ0v) is 16.7. The van der Waals surface area contributed by atoms with Crippen molar-refractivity contribution in [2.24, 2.45) is 12.0 Å². The van der Waals surface area contributed by atoms with Gasteiger partial charge in [-0.05, 0) is 46.1 Å². The Kier molecular flexibility index (Phi) is 6.88. The molecule has 1 unspecified atom stereocenters. The molecule has 0 amide bonds. The largest absolute Gasteiger partial charge is 0.357 e. The van der Waals surface area contributed by atoms with Gasteiger partial charge in [0.2, 0.25) is 0 Å². The fourth-order valence-electron chi connectivity index (χ4n) is 4.15. The summed E-state index contributed by atoms with van der Waals surface area (Å²) in [5.74, 6) is 2.71. The van der Waals surface area contributed by atoms with Gasteiger partial charge in [0.1, 0.15) is 12.4 Å². The number of hydrogen-bond acceptors (Lipinski definition) is 4. The minimum atomic E-state index is 0.477. The Bertz CT molecular complexity index is 589. The Labute approximate surface area is 157 Å². The Morgan fingerprint density at radius 3 is 2.65 bits per heavy atom. The van der Waals surface area contributed by atoms with Crippen molar-refractivity contribution < 1.29 is 0 Å². The van der Waals surface area contributed by atoms with E-state index in [1.54, 1.807) is 0 Å². The number of nitrogens with one attached hydrogen (secondary N) is 2. The highest BCUT2D eigenvalue weighted by atomic mass is 15.3. The van der Waals surface area contributed by atoms with E-state index in [4.69, 9.17) is 4.99 Å². The number of aromatic nitrogens is 3. The summed E-state index contributed by atoms with van der Waals surface area (Å²) in [4.78, 5) is 7.46. The van der Waals surface area contributed by atoms with Crippen molar-refractivity contribution in [2.75, 3.05) is 19.6 Å². The summed E-state index contributed by atoms with van der Waals surface area (Å²) in [6.45, 7) is 7.88. The Morgan fingerprint density at radius 2 is 1.96 bits per heavy atom. The lowest BCUT2D eigenvalue weighted by Gasteiger charge is -2.40. The van der Waals surface area contributed by atoms with Crippen LogP contribution in [0.3, 0.4) is 0 Å². The number of piperidine rings is 1. The zero-order valence-electron chi connectivity index (χ0n) is 16.7. The van der Waals surface area contributed by atoms with Gasteiger partial charge in [-0.2, -0.15) is 0 Å². The lowest BCUT2D eigenvalue weighted by Crippen LogP contribution is -2.53. The number of nitrogens with zero attached hydrogens (tertiary/aromatic N) is 5. The number of guanidine groups is 1. The summed E-state index contributed by atoms with van der Waals surface area (Å²) in [7, 11) is 1.99. The molecule has 7 heteroatoms. The lowest BCUT2D eigenvalue weighted by molar-refractivity contribution is 0.115. The van der Waals surface area contributed by atoms with Crippen molar-refractivity contribution >= 4 is 5.96 Å². The first-order valence-corrected chi connectivity index (χ1v) is 10.3. The highest BCUT2D eigenvalue weighted by Gasteiger charge is 2.27. The summed E-state index contributed by atoms with van der Waals surface area (Å²) in [5, 5.41) is 15.4. The first kappa shape index (κ1) is 19.1. The monoisotopic (exact) mass is 361 g/mol. The molecule has 0 spiro atoms. The van der Waals surface area contributed by atoms with Crippen LogP contribution in [0.5, 0.6) is 0 Å². The van der Waals surface area contributed by atoms with E-state index in [1.807, 2.05) is 18.5 Å². The summed E-state index contributed by atoms with van der Waals surface area (Å²) in [6, 6.07) is 1.28. The van der Waals surface area contributed by atoms with Crippen LogP contribution in [0.25, 0.3) is 0 Å². The van der Waals surface area contributed by atoms with Crippen LogP contribution in [-0.2, 0) is 13.6 Å². The number of hydrogen-bond donors (Lipinski definition) is 2. The molecule has 1 aliphatic heterocycles. The first-order valence-electron chi connectivity index (χ1n) is 10.3. The van der Waals surface area contributed by atoms with Crippen LogP contribution >= 0.6 is 0 Å². The van der Waals surface area contributed by atoms with Crippen LogP contribution in [-0.4, -0.2) is 57.3 Å². The molecule has 3 rings (SSSR count). The van der Waals surface area contributed by atoms with Gasteiger partial charge in [-0.3, -0.25) is 4.90 Å². The SMILES string of the molecule is CCNC(=NCc1nnc(C)n1C)NC1CCCN(C2CCCCC2)C1. The molecule has 0 radical (unpaired) electrons. The van der Waals surface area contributed by atoms with E-state index in [-0.39, 0.29) is 0 Å². The molecule has 1 atom stereocenters. The summed E-state index contributed by atoms with van der Waals surface area (Å²) in [5.41, 5.74) is 0. The van der Waals surface area contributed by atoms with Crippen molar-refractivity contribution in [3.05, 3.63) is 11.6 Å². The van der Waals surface area contributed by atoms with Gasteiger partial charge in [0, 0.05) is 32.2 Å². The Hall–Kier alpha value is -1.63. The molecule has 146 valence electrons. The summed E-state index contributed by atoms with van der Waals surface area (Å²) < 4.78 is 2.00. The van der Waals surface area contributed by atoms with Crippen molar-refractivity contribution in [2.45, 2.75) is 77.4 Å². The molecule has 0 bridgehead atoms. The molecule has 1 saturated heterocycles. The van der Waals surface area contributed by atoms with E-state index in [2.05, 4.69) is 32.7 Å². The molecular formula is C19H35N7. The van der Waals surface area contributed by atoms with Gasteiger partial charge in [0.15, 0.2) is 11.8 Å². The van der Waals surface area contributed by atoms with Crippen LogP contribution < -0.4 is 10.6 Å². The second kappa shape index (κ2) is 9.35. The third-order valence-corrected chi connectivity index (χ3v) is 5.79. The molecule has 1 aromatic heterocycles. The van der Waals surface area contributed by atoms with Crippen LogP contribution in [0.1, 0.15) is 63.5 Å². The fraction of sp³-hybridized carbons (Fsp3) is 0.842. The number of aryl methyl sites for hydroxylation is 1. The summed E-state index contributed by atoms with van der Waals surface area (Å²) in [6.07, 6.45) is 9.48. The van der Waals surface area contributed by atoms with E-state index in [0.29, 0.717) is 12.6 Å². The molecule has 7 nitrogen and oxygen atoms in total. The van der Waals surface area contributed by atoms with E-state index in [1.165, 1.54) is 51.5 Å². The highest BCUT2D eigenvalue weighted by Crippen LogP contribution is 2.25. The van der Waals surface area contributed by atoms with Crippen LogP contribution in [0.15, 0.2) is 4.99 Å². The molecule has 1 saturated carbocycles.